The highest BCUT2D eigenvalue weighted by Gasteiger charge is 2.22. The monoisotopic (exact) mass is 277 g/mol. The van der Waals surface area contributed by atoms with E-state index >= 15 is 0 Å². The SMILES string of the molecule is CC(C)Oc1ccc(C(CN)N2CCN(C)CC2)cc1. The maximum absolute atomic E-state index is 6.00. The molecule has 0 aromatic heterocycles. The van der Waals surface area contributed by atoms with Crippen LogP contribution in [0.15, 0.2) is 24.3 Å². The molecule has 20 heavy (non-hydrogen) atoms. The number of likely N-dealkylation sites (N-methyl/N-ethyl adjacent to an activating group) is 1. The first-order valence-electron chi connectivity index (χ1n) is 7.49. The van der Waals surface area contributed by atoms with Gasteiger partial charge in [-0.15, -0.1) is 0 Å². The van der Waals surface area contributed by atoms with Crippen LogP contribution in [0.5, 0.6) is 5.75 Å². The summed E-state index contributed by atoms with van der Waals surface area (Å²) in [5.74, 6) is 0.929. The molecule has 0 radical (unpaired) electrons. The maximum atomic E-state index is 6.00. The molecule has 1 aromatic carbocycles. The zero-order valence-electron chi connectivity index (χ0n) is 12.9. The summed E-state index contributed by atoms with van der Waals surface area (Å²) in [6, 6.07) is 8.71. The van der Waals surface area contributed by atoms with Gasteiger partial charge in [0.1, 0.15) is 5.75 Å². The summed E-state index contributed by atoms with van der Waals surface area (Å²) >= 11 is 0. The summed E-state index contributed by atoms with van der Waals surface area (Å²) in [4.78, 5) is 4.85. The number of nitrogens with two attached hydrogens (primary N) is 1. The number of hydrogen-bond donors (Lipinski definition) is 1. The largest absolute Gasteiger partial charge is 0.491 e. The summed E-state index contributed by atoms with van der Waals surface area (Å²) in [5, 5.41) is 0. The van der Waals surface area contributed by atoms with E-state index in [0.29, 0.717) is 12.6 Å². The lowest BCUT2D eigenvalue weighted by Gasteiger charge is -2.37. The molecule has 1 aromatic rings. The number of nitrogens with zero attached hydrogens (tertiary/aromatic N) is 2. The van der Waals surface area contributed by atoms with Crippen molar-refractivity contribution < 1.29 is 4.74 Å². The number of ether oxygens (including phenoxy) is 1. The standard InChI is InChI=1S/C16H27N3O/c1-13(2)20-15-6-4-14(5-7-15)16(12-17)19-10-8-18(3)9-11-19/h4-7,13,16H,8-12,17H2,1-3H3. The van der Waals surface area contributed by atoms with Crippen LogP contribution in [-0.2, 0) is 0 Å². The average Bonchev–Trinajstić information content (AvgIpc) is 2.43. The lowest BCUT2D eigenvalue weighted by Crippen LogP contribution is -2.47. The minimum atomic E-state index is 0.212. The number of benzene rings is 1. The molecule has 0 aliphatic carbocycles. The molecule has 4 nitrogen and oxygen atoms in total. The number of hydrogen-bond acceptors (Lipinski definition) is 4. The van der Waals surface area contributed by atoms with Crippen LogP contribution in [-0.4, -0.2) is 55.7 Å². The zero-order chi connectivity index (χ0) is 14.5. The molecule has 1 heterocycles. The quantitative estimate of drug-likeness (QED) is 0.890. The second kappa shape index (κ2) is 7.07. The van der Waals surface area contributed by atoms with Gasteiger partial charge in [0.15, 0.2) is 0 Å². The van der Waals surface area contributed by atoms with Gasteiger partial charge in [-0.1, -0.05) is 12.1 Å². The highest BCUT2D eigenvalue weighted by atomic mass is 16.5. The van der Waals surface area contributed by atoms with Crippen LogP contribution in [0.1, 0.15) is 25.5 Å². The fourth-order valence-electron chi connectivity index (χ4n) is 2.67. The Hall–Kier alpha value is -1.10. The smallest absolute Gasteiger partial charge is 0.119 e. The van der Waals surface area contributed by atoms with Crippen molar-refractivity contribution >= 4 is 0 Å². The summed E-state index contributed by atoms with van der Waals surface area (Å²) in [6.45, 7) is 9.15. The molecule has 0 saturated carbocycles. The predicted molar refractivity (Wildman–Crippen MR) is 83.1 cm³/mol. The van der Waals surface area contributed by atoms with Crippen LogP contribution in [0.3, 0.4) is 0 Å². The molecular weight excluding hydrogens is 250 g/mol. The van der Waals surface area contributed by atoms with E-state index in [2.05, 4.69) is 29.0 Å². The summed E-state index contributed by atoms with van der Waals surface area (Å²) in [5.41, 5.74) is 7.29. The molecule has 4 heteroatoms. The van der Waals surface area contributed by atoms with E-state index in [1.165, 1.54) is 5.56 Å². The molecule has 1 fully saturated rings. The molecule has 0 spiro atoms. The van der Waals surface area contributed by atoms with Gasteiger partial charge in [-0.05, 0) is 38.6 Å². The van der Waals surface area contributed by atoms with Crippen molar-refractivity contribution in [3.63, 3.8) is 0 Å². The third kappa shape index (κ3) is 3.95. The molecule has 1 saturated heterocycles. The minimum Gasteiger partial charge on any atom is -0.491 e. The molecule has 0 amide bonds. The van der Waals surface area contributed by atoms with E-state index in [0.717, 1.165) is 31.9 Å². The fraction of sp³-hybridized carbons (Fsp3) is 0.625. The summed E-state index contributed by atoms with van der Waals surface area (Å²) in [6.07, 6.45) is 0.212. The minimum absolute atomic E-state index is 0.212. The van der Waals surface area contributed by atoms with Crippen molar-refractivity contribution in [2.75, 3.05) is 39.8 Å². The molecule has 2 rings (SSSR count). The van der Waals surface area contributed by atoms with Gasteiger partial charge in [0.05, 0.1) is 6.10 Å². The summed E-state index contributed by atoms with van der Waals surface area (Å²) in [7, 11) is 2.17. The summed E-state index contributed by atoms with van der Waals surface area (Å²) < 4.78 is 5.69. The van der Waals surface area contributed by atoms with E-state index in [9.17, 15) is 0 Å². The topological polar surface area (TPSA) is 41.7 Å². The van der Waals surface area contributed by atoms with Gasteiger partial charge in [0.25, 0.3) is 0 Å². The Bertz CT molecular complexity index is 397. The van der Waals surface area contributed by atoms with Gasteiger partial charge in [0, 0.05) is 38.8 Å². The van der Waals surface area contributed by atoms with E-state index < -0.39 is 0 Å². The average molecular weight is 277 g/mol. The van der Waals surface area contributed by atoms with Crippen molar-refractivity contribution in [3.8, 4) is 5.75 Å². The van der Waals surface area contributed by atoms with E-state index in [-0.39, 0.29) is 6.10 Å². The van der Waals surface area contributed by atoms with Crippen LogP contribution < -0.4 is 10.5 Å². The van der Waals surface area contributed by atoms with Crippen LogP contribution in [0.25, 0.3) is 0 Å². The lowest BCUT2D eigenvalue weighted by molar-refractivity contribution is 0.114. The fourth-order valence-corrected chi connectivity index (χ4v) is 2.67. The van der Waals surface area contributed by atoms with Crippen LogP contribution in [0.4, 0.5) is 0 Å². The van der Waals surface area contributed by atoms with Crippen molar-refractivity contribution in [2.45, 2.75) is 26.0 Å². The predicted octanol–water partition coefficient (Wildman–Crippen LogP) is 1.72. The van der Waals surface area contributed by atoms with Crippen LogP contribution >= 0.6 is 0 Å². The number of rotatable bonds is 5. The molecule has 2 N–H and O–H groups in total. The molecular formula is C16H27N3O. The van der Waals surface area contributed by atoms with E-state index in [1.807, 2.05) is 26.0 Å². The molecule has 1 atom stereocenters. The molecule has 1 aliphatic rings. The van der Waals surface area contributed by atoms with Crippen molar-refractivity contribution in [2.24, 2.45) is 5.73 Å². The Morgan fingerprint density at radius 2 is 1.70 bits per heavy atom. The third-order valence-corrected chi connectivity index (χ3v) is 3.84. The Balaban J connectivity index is 2.03. The van der Waals surface area contributed by atoms with Gasteiger partial charge in [0.2, 0.25) is 0 Å². The van der Waals surface area contributed by atoms with Crippen molar-refractivity contribution in [1.82, 2.24) is 9.80 Å². The van der Waals surface area contributed by atoms with Gasteiger partial charge >= 0.3 is 0 Å². The van der Waals surface area contributed by atoms with Crippen molar-refractivity contribution in [3.05, 3.63) is 29.8 Å². The number of piperazine rings is 1. The van der Waals surface area contributed by atoms with Gasteiger partial charge < -0.3 is 15.4 Å². The Morgan fingerprint density at radius 1 is 1.10 bits per heavy atom. The first-order valence-corrected chi connectivity index (χ1v) is 7.49. The molecule has 0 bridgehead atoms. The second-order valence-corrected chi connectivity index (χ2v) is 5.83. The van der Waals surface area contributed by atoms with Crippen LogP contribution in [0, 0.1) is 0 Å². The maximum Gasteiger partial charge on any atom is 0.119 e. The highest BCUT2D eigenvalue weighted by molar-refractivity contribution is 5.29. The van der Waals surface area contributed by atoms with E-state index in [1.54, 1.807) is 0 Å². The normalized spacial score (nSPS) is 19.2. The van der Waals surface area contributed by atoms with Crippen molar-refractivity contribution in [1.29, 1.82) is 0 Å². The van der Waals surface area contributed by atoms with E-state index in [4.69, 9.17) is 10.5 Å². The van der Waals surface area contributed by atoms with Gasteiger partial charge in [-0.2, -0.15) is 0 Å². The van der Waals surface area contributed by atoms with Gasteiger partial charge in [-0.25, -0.2) is 0 Å². The second-order valence-electron chi connectivity index (χ2n) is 5.83. The van der Waals surface area contributed by atoms with Gasteiger partial charge in [-0.3, -0.25) is 4.90 Å². The molecule has 1 unspecified atom stereocenters. The highest BCUT2D eigenvalue weighted by Crippen LogP contribution is 2.23. The zero-order valence-corrected chi connectivity index (χ0v) is 12.9. The Kier molecular flexibility index (Phi) is 5.40. The lowest BCUT2D eigenvalue weighted by atomic mass is 10.0. The Labute approximate surface area is 122 Å². The first kappa shape index (κ1) is 15.3. The first-order chi connectivity index (χ1) is 9.60. The Morgan fingerprint density at radius 3 is 2.20 bits per heavy atom. The molecule has 1 aliphatic heterocycles. The third-order valence-electron chi connectivity index (χ3n) is 3.84. The molecule has 112 valence electrons. The van der Waals surface area contributed by atoms with Crippen LogP contribution in [0.2, 0.25) is 0 Å².